The lowest BCUT2D eigenvalue weighted by Gasteiger charge is -2.09. The smallest absolute Gasteiger partial charge is 0.221 e. The number of hydrogen-bond donors (Lipinski definition) is 1. The van der Waals surface area contributed by atoms with Crippen molar-refractivity contribution >= 4 is 28.7 Å². The highest BCUT2D eigenvalue weighted by atomic mass is 35.5. The van der Waals surface area contributed by atoms with Crippen molar-refractivity contribution in [2.24, 2.45) is 7.05 Å². The molecule has 1 amide bonds. The zero-order chi connectivity index (χ0) is 15.4. The Balaban J connectivity index is 2.23. The highest BCUT2D eigenvalue weighted by Gasteiger charge is 2.17. The van der Waals surface area contributed by atoms with Crippen LogP contribution < -0.4 is 5.32 Å². The van der Waals surface area contributed by atoms with Gasteiger partial charge in [0, 0.05) is 38.9 Å². The minimum atomic E-state index is 0.0643. The lowest BCUT2D eigenvalue weighted by atomic mass is 10.3. The van der Waals surface area contributed by atoms with Gasteiger partial charge in [-0.05, 0) is 13.3 Å². The Bertz CT molecular complexity index is 631. The molecule has 0 fully saturated rings. The third-order valence-corrected chi connectivity index (χ3v) is 3.61. The number of nitrogens with one attached hydrogen (secondary N) is 1. The number of aryl methyl sites for hydroxylation is 4. The van der Waals surface area contributed by atoms with Crippen LogP contribution in [0.2, 0.25) is 0 Å². The highest BCUT2D eigenvalue weighted by molar-refractivity contribution is 6.17. The molecule has 0 aliphatic carbocycles. The number of carbonyl (C=O) groups is 1. The summed E-state index contributed by atoms with van der Waals surface area (Å²) in [5, 5.41) is 7.28. The SMILES string of the molecule is CCCNC(=O)CCn1c(CCCl)nc2c(C)nn(C)c21. The number of rotatable bonds is 7. The second-order valence-electron chi connectivity index (χ2n) is 5.10. The summed E-state index contributed by atoms with van der Waals surface area (Å²) in [7, 11) is 1.90. The molecule has 0 radical (unpaired) electrons. The number of amides is 1. The van der Waals surface area contributed by atoms with Crippen LogP contribution in [0, 0.1) is 6.92 Å². The molecule has 0 aliphatic rings. The van der Waals surface area contributed by atoms with Gasteiger partial charge < -0.3 is 9.88 Å². The molecule has 0 saturated heterocycles. The molecule has 7 heteroatoms. The molecule has 2 aromatic heterocycles. The van der Waals surface area contributed by atoms with Crippen molar-refractivity contribution in [3.8, 4) is 0 Å². The topological polar surface area (TPSA) is 64.7 Å². The molecule has 2 heterocycles. The Morgan fingerprint density at radius 3 is 2.86 bits per heavy atom. The predicted octanol–water partition coefficient (Wildman–Crippen LogP) is 1.78. The van der Waals surface area contributed by atoms with Crippen LogP contribution in [0.3, 0.4) is 0 Å². The molecular weight excluding hydrogens is 290 g/mol. The van der Waals surface area contributed by atoms with Crippen molar-refractivity contribution in [1.29, 1.82) is 0 Å². The standard InChI is InChI=1S/C14H22ClN5O/c1-4-8-16-12(21)6-9-20-11(5-7-15)17-13-10(2)18-19(3)14(13)20/h4-9H2,1-3H3,(H,16,21). The summed E-state index contributed by atoms with van der Waals surface area (Å²) in [5.41, 5.74) is 2.75. The van der Waals surface area contributed by atoms with E-state index in [0.717, 1.165) is 35.6 Å². The van der Waals surface area contributed by atoms with Gasteiger partial charge in [-0.25, -0.2) is 4.98 Å². The minimum Gasteiger partial charge on any atom is -0.356 e. The third-order valence-electron chi connectivity index (χ3n) is 3.42. The van der Waals surface area contributed by atoms with Gasteiger partial charge in [-0.15, -0.1) is 11.6 Å². The summed E-state index contributed by atoms with van der Waals surface area (Å²) in [6, 6.07) is 0. The fourth-order valence-corrected chi connectivity index (χ4v) is 2.63. The van der Waals surface area contributed by atoms with Crippen molar-refractivity contribution in [2.45, 2.75) is 39.7 Å². The molecule has 0 saturated carbocycles. The molecule has 1 N–H and O–H groups in total. The number of aromatic nitrogens is 4. The van der Waals surface area contributed by atoms with E-state index in [2.05, 4.69) is 20.0 Å². The fourth-order valence-electron chi connectivity index (χ4n) is 2.46. The maximum absolute atomic E-state index is 11.8. The van der Waals surface area contributed by atoms with Crippen molar-refractivity contribution in [3.63, 3.8) is 0 Å². The molecule has 116 valence electrons. The first-order chi connectivity index (χ1) is 10.1. The quantitative estimate of drug-likeness (QED) is 0.793. The zero-order valence-electron chi connectivity index (χ0n) is 12.8. The van der Waals surface area contributed by atoms with Gasteiger partial charge in [0.1, 0.15) is 11.3 Å². The van der Waals surface area contributed by atoms with Crippen LogP contribution in [0.4, 0.5) is 0 Å². The van der Waals surface area contributed by atoms with Crippen molar-refractivity contribution in [2.75, 3.05) is 12.4 Å². The Kier molecular flexibility index (Phi) is 5.22. The van der Waals surface area contributed by atoms with Crippen LogP contribution in [0.5, 0.6) is 0 Å². The largest absolute Gasteiger partial charge is 0.356 e. The monoisotopic (exact) mass is 311 g/mol. The van der Waals surface area contributed by atoms with Crippen molar-refractivity contribution in [1.82, 2.24) is 24.6 Å². The molecule has 2 aromatic rings. The van der Waals surface area contributed by atoms with E-state index in [1.807, 2.05) is 25.6 Å². The van der Waals surface area contributed by atoms with Crippen molar-refractivity contribution in [3.05, 3.63) is 11.5 Å². The first kappa shape index (κ1) is 15.8. The second-order valence-corrected chi connectivity index (χ2v) is 5.48. The highest BCUT2D eigenvalue weighted by Crippen LogP contribution is 2.20. The molecule has 6 nitrogen and oxygen atoms in total. The van der Waals surface area contributed by atoms with Gasteiger partial charge in [0.25, 0.3) is 0 Å². The van der Waals surface area contributed by atoms with E-state index in [-0.39, 0.29) is 5.91 Å². The van der Waals surface area contributed by atoms with E-state index in [1.165, 1.54) is 0 Å². The summed E-state index contributed by atoms with van der Waals surface area (Å²) < 4.78 is 3.88. The van der Waals surface area contributed by atoms with Crippen LogP contribution in [0.1, 0.15) is 31.3 Å². The minimum absolute atomic E-state index is 0.0643. The Morgan fingerprint density at radius 2 is 2.19 bits per heavy atom. The first-order valence-corrected chi connectivity index (χ1v) is 7.83. The lowest BCUT2D eigenvalue weighted by molar-refractivity contribution is -0.121. The second kappa shape index (κ2) is 6.93. The van der Waals surface area contributed by atoms with Gasteiger partial charge >= 0.3 is 0 Å². The number of imidazole rings is 1. The average molecular weight is 312 g/mol. The van der Waals surface area contributed by atoms with Crippen LogP contribution in [0.15, 0.2) is 0 Å². The zero-order valence-corrected chi connectivity index (χ0v) is 13.6. The van der Waals surface area contributed by atoms with Gasteiger partial charge in [-0.2, -0.15) is 5.10 Å². The van der Waals surface area contributed by atoms with Crippen LogP contribution >= 0.6 is 11.6 Å². The summed E-state index contributed by atoms with van der Waals surface area (Å²) >= 11 is 5.86. The Morgan fingerprint density at radius 1 is 1.43 bits per heavy atom. The maximum Gasteiger partial charge on any atom is 0.221 e. The van der Waals surface area contributed by atoms with Gasteiger partial charge in [0.05, 0.1) is 5.69 Å². The van der Waals surface area contributed by atoms with E-state index in [9.17, 15) is 4.79 Å². The van der Waals surface area contributed by atoms with Gasteiger partial charge in [0.2, 0.25) is 5.91 Å². The number of hydrogen-bond acceptors (Lipinski definition) is 3. The number of halogens is 1. The Hall–Kier alpha value is -1.56. The first-order valence-electron chi connectivity index (χ1n) is 7.29. The average Bonchev–Trinajstić information content (AvgIpc) is 2.94. The predicted molar refractivity (Wildman–Crippen MR) is 83.6 cm³/mol. The van der Waals surface area contributed by atoms with Gasteiger partial charge in [-0.1, -0.05) is 6.92 Å². The van der Waals surface area contributed by atoms with Crippen LogP contribution in [-0.2, 0) is 24.8 Å². The molecule has 0 aliphatic heterocycles. The van der Waals surface area contributed by atoms with E-state index >= 15 is 0 Å². The van der Waals surface area contributed by atoms with Gasteiger partial charge in [0.15, 0.2) is 5.65 Å². The molecular formula is C14H22ClN5O. The van der Waals surface area contributed by atoms with Crippen LogP contribution in [0.25, 0.3) is 11.2 Å². The fraction of sp³-hybridized carbons (Fsp3) is 0.643. The molecule has 21 heavy (non-hydrogen) atoms. The number of alkyl halides is 1. The van der Waals surface area contributed by atoms with E-state index < -0.39 is 0 Å². The third kappa shape index (κ3) is 3.37. The molecule has 0 aromatic carbocycles. The maximum atomic E-state index is 11.8. The van der Waals surface area contributed by atoms with E-state index in [1.54, 1.807) is 0 Å². The molecule has 0 bridgehead atoms. The normalized spacial score (nSPS) is 11.2. The summed E-state index contributed by atoms with van der Waals surface area (Å²) in [4.78, 5) is 16.4. The summed E-state index contributed by atoms with van der Waals surface area (Å²) in [6.07, 6.45) is 2.07. The molecule has 0 atom stereocenters. The Labute approximate surface area is 129 Å². The number of fused-ring (bicyclic) bond motifs is 1. The summed E-state index contributed by atoms with van der Waals surface area (Å²) in [6.45, 7) is 5.30. The molecule has 2 rings (SSSR count). The molecule has 0 unspecified atom stereocenters. The lowest BCUT2D eigenvalue weighted by Crippen LogP contribution is -2.25. The number of carbonyl (C=O) groups excluding carboxylic acids is 1. The van der Waals surface area contributed by atoms with E-state index in [0.29, 0.717) is 25.3 Å². The molecule has 0 spiro atoms. The van der Waals surface area contributed by atoms with Crippen LogP contribution in [-0.4, -0.2) is 37.7 Å². The summed E-state index contributed by atoms with van der Waals surface area (Å²) in [5.74, 6) is 1.49. The van der Waals surface area contributed by atoms with Crippen molar-refractivity contribution < 1.29 is 4.79 Å². The number of nitrogens with zero attached hydrogens (tertiary/aromatic N) is 4. The van der Waals surface area contributed by atoms with E-state index in [4.69, 9.17) is 11.6 Å². The van der Waals surface area contributed by atoms with Gasteiger partial charge in [-0.3, -0.25) is 9.48 Å².